The highest BCUT2D eigenvalue weighted by Gasteiger charge is 2.32. The lowest BCUT2D eigenvalue weighted by Crippen LogP contribution is -2.17. The van der Waals surface area contributed by atoms with Crippen molar-refractivity contribution in [2.45, 2.75) is 11.1 Å². The molecule has 0 radical (unpaired) electrons. The molecule has 0 saturated heterocycles. The molecule has 0 spiro atoms. The standard InChI is InChI=1S/C21H18F3N3O6S/c1-32-17-10-13(4-7-19(28)29)11-18(20(17)33-2)34(30,31)26-15-12-14(21(22,23)24)5-6-16(15)27-9-3-8-25-27/h3-12,26H,1-2H3,(H,28,29)/b7-4+. The summed E-state index contributed by atoms with van der Waals surface area (Å²) in [7, 11) is -2.14. The number of carboxylic acid groups (broad SMARTS) is 1. The number of nitrogens with one attached hydrogen (secondary N) is 1. The molecule has 0 aliphatic heterocycles. The van der Waals surface area contributed by atoms with Crippen LogP contribution >= 0.6 is 0 Å². The van der Waals surface area contributed by atoms with E-state index in [9.17, 15) is 26.4 Å². The van der Waals surface area contributed by atoms with E-state index in [1.165, 1.54) is 43.4 Å². The number of carboxylic acids is 1. The average Bonchev–Trinajstić information content (AvgIpc) is 3.30. The van der Waals surface area contributed by atoms with Crippen molar-refractivity contribution in [1.29, 1.82) is 0 Å². The topological polar surface area (TPSA) is 120 Å². The van der Waals surface area contributed by atoms with Crippen LogP contribution in [0.3, 0.4) is 0 Å². The van der Waals surface area contributed by atoms with Crippen LogP contribution in [0.2, 0.25) is 0 Å². The Kier molecular flexibility index (Phi) is 6.86. The van der Waals surface area contributed by atoms with Gasteiger partial charge in [-0.25, -0.2) is 17.9 Å². The van der Waals surface area contributed by atoms with Gasteiger partial charge in [-0.1, -0.05) is 0 Å². The second-order valence-corrected chi connectivity index (χ2v) is 8.36. The maximum Gasteiger partial charge on any atom is 0.416 e. The predicted molar refractivity (Wildman–Crippen MR) is 116 cm³/mol. The minimum absolute atomic E-state index is 0.0354. The first kappa shape index (κ1) is 24.6. The third-order valence-electron chi connectivity index (χ3n) is 4.49. The number of hydrogen-bond donors (Lipinski definition) is 2. The molecule has 1 heterocycles. The zero-order valence-corrected chi connectivity index (χ0v) is 18.5. The van der Waals surface area contributed by atoms with Gasteiger partial charge in [-0.05, 0) is 48.0 Å². The molecule has 0 aliphatic rings. The van der Waals surface area contributed by atoms with Crippen LogP contribution in [0.5, 0.6) is 11.5 Å². The lowest BCUT2D eigenvalue weighted by atomic mass is 10.1. The third kappa shape index (κ3) is 5.31. The van der Waals surface area contributed by atoms with Crippen molar-refractivity contribution in [3.63, 3.8) is 0 Å². The van der Waals surface area contributed by atoms with Gasteiger partial charge in [0.2, 0.25) is 0 Å². The summed E-state index contributed by atoms with van der Waals surface area (Å²) < 4.78 is 80.3. The number of alkyl halides is 3. The summed E-state index contributed by atoms with van der Waals surface area (Å²) in [6, 6.07) is 6.49. The van der Waals surface area contributed by atoms with Gasteiger partial charge >= 0.3 is 12.1 Å². The van der Waals surface area contributed by atoms with E-state index in [1.54, 1.807) is 0 Å². The quantitative estimate of drug-likeness (QED) is 0.454. The molecule has 13 heteroatoms. The Morgan fingerprint density at radius 2 is 1.91 bits per heavy atom. The van der Waals surface area contributed by atoms with Crippen LogP contribution in [0.15, 0.2) is 59.8 Å². The first-order chi connectivity index (χ1) is 16.0. The number of aliphatic carboxylic acids is 1. The van der Waals surface area contributed by atoms with E-state index in [2.05, 4.69) is 9.82 Å². The SMILES string of the molecule is COc1cc(/C=C/C(=O)O)cc(S(=O)(=O)Nc2cc(C(F)(F)F)ccc2-n2cccn2)c1OC. The number of anilines is 1. The number of halogens is 3. The molecule has 0 saturated carbocycles. The zero-order valence-electron chi connectivity index (χ0n) is 17.7. The number of methoxy groups -OCH3 is 2. The molecule has 9 nitrogen and oxygen atoms in total. The smallest absolute Gasteiger partial charge is 0.416 e. The van der Waals surface area contributed by atoms with E-state index in [0.717, 1.165) is 30.4 Å². The Morgan fingerprint density at radius 1 is 1.18 bits per heavy atom. The molecule has 0 aliphatic carbocycles. The molecule has 0 atom stereocenters. The fourth-order valence-corrected chi connectivity index (χ4v) is 4.30. The van der Waals surface area contributed by atoms with E-state index in [0.29, 0.717) is 6.07 Å². The van der Waals surface area contributed by atoms with Gasteiger partial charge < -0.3 is 14.6 Å². The van der Waals surface area contributed by atoms with Crippen LogP contribution in [0.1, 0.15) is 11.1 Å². The number of benzene rings is 2. The largest absolute Gasteiger partial charge is 0.493 e. The zero-order chi connectivity index (χ0) is 25.1. The molecular weight excluding hydrogens is 479 g/mol. The van der Waals surface area contributed by atoms with E-state index < -0.39 is 38.3 Å². The maximum atomic E-state index is 13.3. The van der Waals surface area contributed by atoms with E-state index in [1.807, 2.05) is 0 Å². The Balaban J connectivity index is 2.18. The second kappa shape index (κ2) is 9.47. The number of nitrogens with zero attached hydrogens (tertiary/aromatic N) is 2. The fraction of sp³-hybridized carbons (Fsp3) is 0.143. The van der Waals surface area contributed by atoms with Crippen LogP contribution in [-0.2, 0) is 21.0 Å². The van der Waals surface area contributed by atoms with E-state index in [-0.39, 0.29) is 22.7 Å². The van der Waals surface area contributed by atoms with Crippen molar-refractivity contribution in [2.24, 2.45) is 0 Å². The van der Waals surface area contributed by atoms with E-state index in [4.69, 9.17) is 14.6 Å². The summed E-state index contributed by atoms with van der Waals surface area (Å²) >= 11 is 0. The van der Waals surface area contributed by atoms with Crippen LogP contribution in [-0.4, -0.2) is 43.5 Å². The van der Waals surface area contributed by atoms with Crippen LogP contribution < -0.4 is 14.2 Å². The summed E-state index contributed by atoms with van der Waals surface area (Å²) in [6.07, 6.45) is -0.00876. The molecule has 2 N–H and O–H groups in total. The first-order valence-electron chi connectivity index (χ1n) is 9.37. The number of rotatable bonds is 8. The highest BCUT2D eigenvalue weighted by atomic mass is 32.2. The third-order valence-corrected chi connectivity index (χ3v) is 5.87. The fourth-order valence-electron chi connectivity index (χ4n) is 3.02. The lowest BCUT2D eigenvalue weighted by Gasteiger charge is -2.18. The van der Waals surface area contributed by atoms with Crippen LogP contribution in [0.4, 0.5) is 18.9 Å². The lowest BCUT2D eigenvalue weighted by molar-refractivity contribution is -0.137. The Labute approximate surface area is 192 Å². The number of aromatic nitrogens is 2. The van der Waals surface area contributed by atoms with Crippen molar-refractivity contribution in [2.75, 3.05) is 18.9 Å². The Bertz CT molecular complexity index is 1340. The number of ether oxygens (including phenoxy) is 2. The number of carbonyl (C=O) groups is 1. The van der Waals surface area contributed by atoms with Gasteiger partial charge in [-0.2, -0.15) is 18.3 Å². The molecule has 3 rings (SSSR count). The highest BCUT2D eigenvalue weighted by Crippen LogP contribution is 2.38. The van der Waals surface area contributed by atoms with Crippen molar-refractivity contribution >= 4 is 27.8 Å². The maximum absolute atomic E-state index is 13.3. The van der Waals surface area contributed by atoms with Crippen LogP contribution in [0.25, 0.3) is 11.8 Å². The van der Waals surface area contributed by atoms with Gasteiger partial charge in [0.05, 0.1) is 31.2 Å². The van der Waals surface area contributed by atoms with Gasteiger partial charge in [-0.3, -0.25) is 4.72 Å². The molecule has 1 aromatic heterocycles. The average molecular weight is 497 g/mol. The highest BCUT2D eigenvalue weighted by molar-refractivity contribution is 7.92. The first-order valence-corrected chi connectivity index (χ1v) is 10.9. The molecular formula is C21H18F3N3O6S. The monoisotopic (exact) mass is 497 g/mol. The summed E-state index contributed by atoms with van der Waals surface area (Å²) in [6.45, 7) is 0. The molecule has 3 aromatic rings. The predicted octanol–water partition coefficient (Wildman–Crippen LogP) is 3.81. The van der Waals surface area contributed by atoms with Gasteiger partial charge in [-0.15, -0.1) is 0 Å². The molecule has 0 bridgehead atoms. The molecule has 2 aromatic carbocycles. The number of hydrogen-bond acceptors (Lipinski definition) is 6. The molecule has 0 amide bonds. The normalized spacial score (nSPS) is 12.0. The molecule has 34 heavy (non-hydrogen) atoms. The Hall–Kier alpha value is -4.00. The summed E-state index contributed by atoms with van der Waals surface area (Å²) in [5, 5.41) is 12.8. The molecule has 0 unspecified atom stereocenters. The second-order valence-electron chi connectivity index (χ2n) is 6.71. The molecule has 180 valence electrons. The van der Waals surface area contributed by atoms with Crippen molar-refractivity contribution in [3.05, 3.63) is 66.0 Å². The van der Waals surface area contributed by atoms with Crippen molar-refractivity contribution in [3.8, 4) is 17.2 Å². The minimum atomic E-state index is -4.73. The van der Waals surface area contributed by atoms with Crippen molar-refractivity contribution < 1.29 is 41.0 Å². The number of sulfonamides is 1. The summed E-state index contributed by atoms with van der Waals surface area (Å²) in [4.78, 5) is 10.4. The van der Waals surface area contributed by atoms with Gasteiger partial charge in [0.25, 0.3) is 10.0 Å². The molecule has 0 fully saturated rings. The summed E-state index contributed by atoms with van der Waals surface area (Å²) in [5.74, 6) is -1.54. The minimum Gasteiger partial charge on any atom is -0.493 e. The van der Waals surface area contributed by atoms with Gasteiger partial charge in [0.1, 0.15) is 4.90 Å². The van der Waals surface area contributed by atoms with Crippen molar-refractivity contribution in [1.82, 2.24) is 9.78 Å². The van der Waals surface area contributed by atoms with Gasteiger partial charge in [0.15, 0.2) is 11.5 Å². The van der Waals surface area contributed by atoms with E-state index >= 15 is 0 Å². The Morgan fingerprint density at radius 3 is 2.47 bits per heavy atom. The summed E-state index contributed by atoms with van der Waals surface area (Å²) in [5.41, 5.74) is -1.30. The van der Waals surface area contributed by atoms with Gasteiger partial charge in [0, 0.05) is 18.5 Å². The van der Waals surface area contributed by atoms with Crippen LogP contribution in [0, 0.1) is 0 Å².